The van der Waals surface area contributed by atoms with Crippen molar-refractivity contribution in [3.8, 4) is 0 Å². The van der Waals surface area contributed by atoms with Gasteiger partial charge in [0.25, 0.3) is 0 Å². The molecule has 0 fully saturated rings. The van der Waals surface area contributed by atoms with Gasteiger partial charge < -0.3 is 16.0 Å². The lowest BCUT2D eigenvalue weighted by atomic mass is 10.2. The van der Waals surface area contributed by atoms with E-state index < -0.39 is 10.0 Å². The molecule has 3 N–H and O–H groups in total. The third kappa shape index (κ3) is 5.95. The average molecular weight is 419 g/mol. The highest BCUT2D eigenvalue weighted by atomic mass is 32.2. The van der Waals surface area contributed by atoms with E-state index in [0.717, 1.165) is 16.9 Å². The molecule has 0 aliphatic carbocycles. The van der Waals surface area contributed by atoms with Gasteiger partial charge in [-0.15, -0.1) is 0 Å². The quantitative estimate of drug-likeness (QED) is 0.549. The van der Waals surface area contributed by atoms with Gasteiger partial charge >= 0.3 is 0 Å². The zero-order valence-electron chi connectivity index (χ0n) is 17.5. The van der Waals surface area contributed by atoms with E-state index in [9.17, 15) is 13.2 Å². The second-order valence-electron chi connectivity index (χ2n) is 6.60. The van der Waals surface area contributed by atoms with E-state index in [1.807, 2.05) is 52.0 Å². The molecule has 0 bridgehead atoms. The number of amides is 1. The van der Waals surface area contributed by atoms with E-state index in [1.54, 1.807) is 18.2 Å². The molecular formula is C21H30N4O3S. The number of aryl methyl sites for hydroxylation is 1. The molecule has 158 valence electrons. The average Bonchev–Trinajstić information content (AvgIpc) is 2.68. The summed E-state index contributed by atoms with van der Waals surface area (Å²) in [5.41, 5.74) is 3.09. The lowest BCUT2D eigenvalue weighted by Crippen LogP contribution is -2.30. The van der Waals surface area contributed by atoms with Crippen molar-refractivity contribution in [2.24, 2.45) is 0 Å². The summed E-state index contributed by atoms with van der Waals surface area (Å²) in [7, 11) is -3.58. The molecule has 2 aromatic carbocycles. The van der Waals surface area contributed by atoms with Crippen molar-refractivity contribution in [3.05, 3.63) is 48.0 Å². The lowest BCUT2D eigenvalue weighted by molar-refractivity contribution is -0.114. The topological polar surface area (TPSA) is 90.5 Å². The van der Waals surface area contributed by atoms with Crippen LogP contribution in [0, 0.1) is 6.92 Å². The maximum Gasteiger partial charge on any atom is 0.243 e. The number of carbonyl (C=O) groups excluding carboxylic acids is 1. The number of carbonyl (C=O) groups is 1. The standard InChI is InChI=1S/C21H30N4O3S/c1-5-22-19-12-11-18(29(27,28)25(6-2)7-3)14-20(19)23-15-21(26)24-17-10-8-9-16(4)13-17/h8-14,22-23H,5-7,15H2,1-4H3,(H,24,26). The largest absolute Gasteiger partial charge is 0.384 e. The van der Waals surface area contributed by atoms with Crippen LogP contribution >= 0.6 is 0 Å². The van der Waals surface area contributed by atoms with Crippen LogP contribution in [-0.2, 0) is 14.8 Å². The van der Waals surface area contributed by atoms with E-state index in [2.05, 4.69) is 16.0 Å². The van der Waals surface area contributed by atoms with Crippen molar-refractivity contribution < 1.29 is 13.2 Å². The summed E-state index contributed by atoms with van der Waals surface area (Å²) in [6, 6.07) is 12.4. The second-order valence-corrected chi connectivity index (χ2v) is 8.54. The van der Waals surface area contributed by atoms with Crippen LogP contribution in [0.1, 0.15) is 26.3 Å². The van der Waals surface area contributed by atoms with Crippen molar-refractivity contribution in [1.82, 2.24) is 4.31 Å². The Hall–Kier alpha value is -2.58. The number of nitrogens with one attached hydrogen (secondary N) is 3. The van der Waals surface area contributed by atoms with E-state index in [0.29, 0.717) is 25.3 Å². The van der Waals surface area contributed by atoms with Gasteiger partial charge in [0.05, 0.1) is 22.8 Å². The highest BCUT2D eigenvalue weighted by Crippen LogP contribution is 2.27. The Kier molecular flexibility index (Phi) is 8.04. The molecule has 0 spiro atoms. The summed E-state index contributed by atoms with van der Waals surface area (Å²) in [4.78, 5) is 12.5. The number of sulfonamides is 1. The SMILES string of the molecule is CCNc1ccc(S(=O)(=O)N(CC)CC)cc1NCC(=O)Nc1cccc(C)c1. The van der Waals surface area contributed by atoms with Gasteiger partial charge in [0, 0.05) is 25.3 Å². The monoisotopic (exact) mass is 418 g/mol. The van der Waals surface area contributed by atoms with E-state index >= 15 is 0 Å². The summed E-state index contributed by atoms with van der Waals surface area (Å²) < 4.78 is 27.1. The van der Waals surface area contributed by atoms with Crippen LogP contribution in [0.2, 0.25) is 0 Å². The maximum absolute atomic E-state index is 12.8. The molecule has 0 radical (unpaired) electrons. The smallest absolute Gasteiger partial charge is 0.243 e. The molecule has 2 aromatic rings. The van der Waals surface area contributed by atoms with E-state index in [-0.39, 0.29) is 17.3 Å². The number of hydrogen-bond acceptors (Lipinski definition) is 5. The maximum atomic E-state index is 12.8. The van der Waals surface area contributed by atoms with Crippen LogP contribution in [-0.4, -0.2) is 44.8 Å². The molecular weight excluding hydrogens is 388 g/mol. The fourth-order valence-electron chi connectivity index (χ4n) is 2.99. The van der Waals surface area contributed by atoms with Crippen molar-refractivity contribution in [2.75, 3.05) is 42.1 Å². The fourth-order valence-corrected chi connectivity index (χ4v) is 4.48. The van der Waals surface area contributed by atoms with Crippen LogP contribution in [0.4, 0.5) is 17.1 Å². The molecule has 29 heavy (non-hydrogen) atoms. The van der Waals surface area contributed by atoms with Crippen molar-refractivity contribution in [3.63, 3.8) is 0 Å². The van der Waals surface area contributed by atoms with Gasteiger partial charge in [-0.2, -0.15) is 4.31 Å². The van der Waals surface area contributed by atoms with Gasteiger partial charge in [-0.1, -0.05) is 26.0 Å². The Balaban J connectivity index is 2.20. The first-order valence-electron chi connectivity index (χ1n) is 9.80. The Morgan fingerprint density at radius 2 is 1.69 bits per heavy atom. The molecule has 0 saturated carbocycles. The van der Waals surface area contributed by atoms with Gasteiger partial charge in [-0.25, -0.2) is 8.42 Å². The second kappa shape index (κ2) is 10.3. The predicted octanol–water partition coefficient (Wildman–Crippen LogP) is 3.51. The first-order chi connectivity index (χ1) is 13.8. The molecule has 2 rings (SSSR count). The van der Waals surface area contributed by atoms with E-state index in [4.69, 9.17) is 0 Å². The normalized spacial score (nSPS) is 11.3. The minimum atomic E-state index is -3.58. The van der Waals surface area contributed by atoms with Crippen LogP contribution in [0.15, 0.2) is 47.4 Å². The van der Waals surface area contributed by atoms with Gasteiger partial charge in [-0.05, 0) is 49.7 Å². The molecule has 0 saturated heterocycles. The highest BCUT2D eigenvalue weighted by molar-refractivity contribution is 7.89. The van der Waals surface area contributed by atoms with Crippen LogP contribution in [0.3, 0.4) is 0 Å². The first kappa shape index (κ1) is 22.7. The Morgan fingerprint density at radius 3 is 2.31 bits per heavy atom. The lowest BCUT2D eigenvalue weighted by Gasteiger charge is -2.20. The summed E-state index contributed by atoms with van der Waals surface area (Å²) >= 11 is 0. The Morgan fingerprint density at radius 1 is 0.966 bits per heavy atom. The number of rotatable bonds is 10. The van der Waals surface area contributed by atoms with Gasteiger partial charge in [0.1, 0.15) is 0 Å². The zero-order valence-corrected chi connectivity index (χ0v) is 18.3. The molecule has 0 aliphatic rings. The molecule has 0 aliphatic heterocycles. The van der Waals surface area contributed by atoms with Gasteiger partial charge in [0.2, 0.25) is 15.9 Å². The Bertz CT molecular complexity index is 941. The summed E-state index contributed by atoms with van der Waals surface area (Å²) in [6.45, 7) is 9.01. The molecule has 0 unspecified atom stereocenters. The van der Waals surface area contributed by atoms with Crippen LogP contribution in [0.5, 0.6) is 0 Å². The van der Waals surface area contributed by atoms with Gasteiger partial charge in [0.15, 0.2) is 0 Å². The molecule has 0 atom stereocenters. The van der Waals surface area contributed by atoms with Crippen LogP contribution in [0.25, 0.3) is 0 Å². The molecule has 1 amide bonds. The fraction of sp³-hybridized carbons (Fsp3) is 0.381. The summed E-state index contributed by atoms with van der Waals surface area (Å²) in [5.74, 6) is -0.213. The van der Waals surface area contributed by atoms with E-state index in [1.165, 1.54) is 4.31 Å². The van der Waals surface area contributed by atoms with Gasteiger partial charge in [-0.3, -0.25) is 4.79 Å². The van der Waals surface area contributed by atoms with Crippen LogP contribution < -0.4 is 16.0 Å². The number of benzene rings is 2. The summed E-state index contributed by atoms with van der Waals surface area (Å²) in [5, 5.41) is 9.09. The third-order valence-corrected chi connectivity index (χ3v) is 6.49. The first-order valence-corrected chi connectivity index (χ1v) is 11.2. The number of hydrogen-bond donors (Lipinski definition) is 3. The Labute approximate surface area is 173 Å². The zero-order chi connectivity index (χ0) is 21.4. The third-order valence-electron chi connectivity index (χ3n) is 4.44. The summed E-state index contributed by atoms with van der Waals surface area (Å²) in [6.07, 6.45) is 0. The highest BCUT2D eigenvalue weighted by Gasteiger charge is 2.22. The molecule has 0 aromatic heterocycles. The number of anilines is 3. The minimum absolute atomic E-state index is 0.0150. The van der Waals surface area contributed by atoms with Crippen molar-refractivity contribution in [1.29, 1.82) is 0 Å². The minimum Gasteiger partial charge on any atom is -0.384 e. The predicted molar refractivity (Wildman–Crippen MR) is 119 cm³/mol. The number of nitrogens with zero attached hydrogens (tertiary/aromatic N) is 1. The molecule has 0 heterocycles. The molecule has 8 heteroatoms. The van der Waals surface area contributed by atoms with Crippen molar-refractivity contribution in [2.45, 2.75) is 32.6 Å². The van der Waals surface area contributed by atoms with Crippen molar-refractivity contribution >= 4 is 33.0 Å². The molecule has 7 nitrogen and oxygen atoms in total.